The molecule has 6 heteroatoms. The van der Waals surface area contributed by atoms with Crippen molar-refractivity contribution in [3.8, 4) is 0 Å². The highest BCUT2D eigenvalue weighted by Crippen LogP contribution is 2.45. The van der Waals surface area contributed by atoms with Crippen LogP contribution in [0.1, 0.15) is 46.5 Å². The summed E-state index contributed by atoms with van der Waals surface area (Å²) in [5, 5.41) is 12.3. The number of carbonyl (C=O) groups is 3. The highest BCUT2D eigenvalue weighted by atomic mass is 16.3. The van der Waals surface area contributed by atoms with E-state index in [0.717, 1.165) is 25.7 Å². The molecule has 2 fully saturated rings. The molecule has 1 aliphatic heterocycles. The summed E-state index contributed by atoms with van der Waals surface area (Å²) in [4.78, 5) is 37.1. The first-order valence-electron chi connectivity index (χ1n) is 8.03. The third kappa shape index (κ3) is 3.02. The van der Waals surface area contributed by atoms with Gasteiger partial charge in [-0.25, -0.2) is 0 Å². The van der Waals surface area contributed by atoms with Crippen LogP contribution in [0.25, 0.3) is 0 Å². The Morgan fingerprint density at radius 3 is 2.36 bits per heavy atom. The molecule has 2 rings (SSSR count). The third-order valence-electron chi connectivity index (χ3n) is 5.02. The summed E-state index contributed by atoms with van der Waals surface area (Å²) in [6, 6.07) is -0.555. The van der Waals surface area contributed by atoms with Crippen molar-refractivity contribution in [2.24, 2.45) is 11.3 Å². The molecule has 6 nitrogen and oxygen atoms in total. The minimum absolute atomic E-state index is 0.0182. The van der Waals surface area contributed by atoms with Gasteiger partial charge in [-0.1, -0.05) is 13.8 Å². The molecule has 2 aliphatic rings. The Balaban J connectivity index is 1.89. The molecule has 1 heterocycles. The molecule has 0 unspecified atom stereocenters. The van der Waals surface area contributed by atoms with Crippen LogP contribution in [-0.4, -0.2) is 52.8 Å². The van der Waals surface area contributed by atoms with Gasteiger partial charge in [0.1, 0.15) is 6.04 Å². The number of nitrogens with one attached hydrogen (secondary N) is 1. The molecule has 0 aromatic carbocycles. The molecule has 2 N–H and O–H groups in total. The smallest absolute Gasteiger partial charge is 0.231 e. The molecule has 2 amide bonds. The highest BCUT2D eigenvalue weighted by molar-refractivity contribution is 5.94. The number of amides is 2. The van der Waals surface area contributed by atoms with Crippen LogP contribution < -0.4 is 5.32 Å². The summed E-state index contributed by atoms with van der Waals surface area (Å²) in [6.07, 6.45) is 3.06. The highest BCUT2D eigenvalue weighted by Gasteiger charge is 2.55. The number of hydrogen-bond donors (Lipinski definition) is 2. The zero-order valence-electron chi connectivity index (χ0n) is 13.6. The number of Topliss-reactive ketones (excluding diaryl/α,β-unsaturated/α-hetero) is 1. The molecule has 1 saturated carbocycles. The Kier molecular flexibility index (Phi) is 4.90. The zero-order chi connectivity index (χ0) is 16.5. The van der Waals surface area contributed by atoms with Gasteiger partial charge in [-0.3, -0.25) is 14.4 Å². The van der Waals surface area contributed by atoms with Gasteiger partial charge in [0.2, 0.25) is 11.8 Å². The molecule has 0 bridgehead atoms. The normalized spacial score (nSPS) is 29.4. The standard InChI is InChI=1S/C16H26N2O4/c1-10(2)14(21)17-12-4-6-16(7-5-12)9-18(15(16)22)13(8-19)11(3)20/h10,12-13,19H,4-9H2,1-3H3,(H,17,21)/t12?,13-,16?/m0/s1. The van der Waals surface area contributed by atoms with Gasteiger partial charge >= 0.3 is 0 Å². The third-order valence-corrected chi connectivity index (χ3v) is 5.02. The Morgan fingerprint density at radius 2 is 1.95 bits per heavy atom. The largest absolute Gasteiger partial charge is 0.394 e. The molecule has 0 aromatic rings. The fraction of sp³-hybridized carbons (Fsp3) is 0.812. The molecule has 1 spiro atoms. The Hall–Kier alpha value is -1.43. The van der Waals surface area contributed by atoms with E-state index in [4.69, 9.17) is 0 Å². The number of hydrogen-bond acceptors (Lipinski definition) is 4. The Bertz CT molecular complexity index is 467. The zero-order valence-corrected chi connectivity index (χ0v) is 13.6. The number of carbonyl (C=O) groups excluding carboxylic acids is 3. The Morgan fingerprint density at radius 1 is 1.36 bits per heavy atom. The SMILES string of the molecule is CC(=O)[C@H](CO)N1CC2(CCC(NC(=O)C(C)C)CC2)C1=O. The predicted molar refractivity (Wildman–Crippen MR) is 80.9 cm³/mol. The van der Waals surface area contributed by atoms with Gasteiger partial charge in [-0.15, -0.1) is 0 Å². The Labute approximate surface area is 131 Å². The quantitative estimate of drug-likeness (QED) is 0.723. The van der Waals surface area contributed by atoms with Crippen LogP contribution in [0.3, 0.4) is 0 Å². The maximum absolute atomic E-state index is 12.5. The lowest BCUT2D eigenvalue weighted by Gasteiger charge is -2.53. The van der Waals surface area contributed by atoms with E-state index in [2.05, 4.69) is 5.32 Å². The number of aliphatic hydroxyl groups is 1. The predicted octanol–water partition coefficient (Wildman–Crippen LogP) is 0.480. The molecule has 0 radical (unpaired) electrons. The van der Waals surface area contributed by atoms with Crippen LogP contribution in [0.2, 0.25) is 0 Å². The van der Waals surface area contributed by atoms with Crippen LogP contribution >= 0.6 is 0 Å². The van der Waals surface area contributed by atoms with Gasteiger partial charge in [-0.05, 0) is 32.6 Å². The second-order valence-electron chi connectivity index (χ2n) is 6.96. The average Bonchev–Trinajstić information content (AvgIpc) is 2.48. The van der Waals surface area contributed by atoms with Crippen molar-refractivity contribution in [3.63, 3.8) is 0 Å². The van der Waals surface area contributed by atoms with Crippen LogP contribution in [0.4, 0.5) is 0 Å². The summed E-state index contributed by atoms with van der Waals surface area (Å²) < 4.78 is 0. The molecule has 1 aliphatic carbocycles. The van der Waals surface area contributed by atoms with Crippen molar-refractivity contribution in [2.45, 2.75) is 58.5 Å². The van der Waals surface area contributed by atoms with Gasteiger partial charge in [0, 0.05) is 18.5 Å². The lowest BCUT2D eigenvalue weighted by atomic mass is 9.66. The van der Waals surface area contributed by atoms with Crippen LogP contribution in [0.5, 0.6) is 0 Å². The second-order valence-corrected chi connectivity index (χ2v) is 6.96. The van der Waals surface area contributed by atoms with E-state index in [1.54, 1.807) is 0 Å². The van der Waals surface area contributed by atoms with Crippen LogP contribution in [0.15, 0.2) is 0 Å². The molecule has 1 atom stereocenters. The fourth-order valence-electron chi connectivity index (χ4n) is 3.43. The summed E-state index contributed by atoms with van der Waals surface area (Å²) in [6.45, 7) is 5.36. The van der Waals surface area contributed by atoms with Crippen molar-refractivity contribution >= 4 is 17.6 Å². The number of β-lactam (4-membered cyclic amide) rings is 1. The van der Waals surface area contributed by atoms with E-state index in [1.165, 1.54) is 11.8 Å². The summed E-state index contributed by atoms with van der Waals surface area (Å²) in [5.74, 6) is -0.170. The first kappa shape index (κ1) is 16.9. The van der Waals surface area contributed by atoms with E-state index in [1.807, 2.05) is 13.8 Å². The average molecular weight is 310 g/mol. The van der Waals surface area contributed by atoms with Gasteiger partial charge in [0.25, 0.3) is 0 Å². The maximum Gasteiger partial charge on any atom is 0.231 e. The van der Waals surface area contributed by atoms with E-state index >= 15 is 0 Å². The maximum atomic E-state index is 12.5. The van der Waals surface area contributed by atoms with Crippen LogP contribution in [0, 0.1) is 11.3 Å². The lowest BCUT2D eigenvalue weighted by Crippen LogP contribution is -2.67. The number of nitrogens with zero attached hydrogens (tertiary/aromatic N) is 1. The number of ketones is 1. The summed E-state index contributed by atoms with van der Waals surface area (Å²) >= 11 is 0. The van der Waals surface area contributed by atoms with E-state index in [9.17, 15) is 19.5 Å². The number of likely N-dealkylation sites (tertiary alicyclic amines) is 1. The monoisotopic (exact) mass is 310 g/mol. The molecule has 22 heavy (non-hydrogen) atoms. The van der Waals surface area contributed by atoms with E-state index in [0.29, 0.717) is 6.54 Å². The summed E-state index contributed by atoms with van der Waals surface area (Å²) in [7, 11) is 0. The lowest BCUT2D eigenvalue weighted by molar-refractivity contribution is -0.172. The number of aliphatic hydroxyl groups excluding tert-OH is 1. The molecule has 0 aromatic heterocycles. The van der Waals surface area contributed by atoms with Crippen molar-refractivity contribution < 1.29 is 19.5 Å². The first-order valence-corrected chi connectivity index (χ1v) is 8.03. The van der Waals surface area contributed by atoms with Crippen molar-refractivity contribution in [2.75, 3.05) is 13.2 Å². The topological polar surface area (TPSA) is 86.7 Å². The molecule has 1 saturated heterocycles. The first-order chi connectivity index (χ1) is 10.3. The number of rotatable bonds is 5. The van der Waals surface area contributed by atoms with Crippen molar-refractivity contribution in [3.05, 3.63) is 0 Å². The molecule has 124 valence electrons. The van der Waals surface area contributed by atoms with Crippen molar-refractivity contribution in [1.29, 1.82) is 0 Å². The van der Waals surface area contributed by atoms with E-state index < -0.39 is 6.04 Å². The van der Waals surface area contributed by atoms with Gasteiger partial charge in [-0.2, -0.15) is 0 Å². The van der Waals surface area contributed by atoms with E-state index in [-0.39, 0.29) is 41.6 Å². The second kappa shape index (κ2) is 6.36. The minimum Gasteiger partial charge on any atom is -0.394 e. The van der Waals surface area contributed by atoms with Crippen molar-refractivity contribution in [1.82, 2.24) is 10.2 Å². The minimum atomic E-state index is -0.698. The summed E-state index contributed by atoms with van der Waals surface area (Å²) in [5.41, 5.74) is -0.373. The van der Waals surface area contributed by atoms with Gasteiger partial charge in [0.05, 0.1) is 12.0 Å². The molecular weight excluding hydrogens is 284 g/mol. The van der Waals surface area contributed by atoms with Gasteiger partial charge in [0.15, 0.2) is 5.78 Å². The van der Waals surface area contributed by atoms with Crippen LogP contribution in [-0.2, 0) is 14.4 Å². The molecular formula is C16H26N2O4. The fourth-order valence-corrected chi connectivity index (χ4v) is 3.43. The van der Waals surface area contributed by atoms with Gasteiger partial charge < -0.3 is 15.3 Å².